The van der Waals surface area contributed by atoms with E-state index in [9.17, 15) is 13.4 Å². The van der Waals surface area contributed by atoms with Crippen LogP contribution in [0.4, 0.5) is 4.39 Å². The Labute approximate surface area is 124 Å². The van der Waals surface area contributed by atoms with Gasteiger partial charge in [-0.3, -0.25) is 9.00 Å². The number of benzene rings is 2. The lowest BCUT2D eigenvalue weighted by atomic mass is 10.1. The number of Topliss-reactive ketones (excluding diaryl/α,β-unsaturated/α-hetero) is 1. The fourth-order valence-corrected chi connectivity index (χ4v) is 2.82. The van der Waals surface area contributed by atoms with Gasteiger partial charge < -0.3 is 0 Å². The average Bonchev–Trinajstić information content (AvgIpc) is 2.42. The molecule has 0 heterocycles. The molecular weight excluding hydrogens is 299 g/mol. The van der Waals surface area contributed by atoms with E-state index in [1.807, 2.05) is 0 Å². The zero-order valence-corrected chi connectivity index (χ0v) is 12.1. The molecule has 1 unspecified atom stereocenters. The molecule has 2 nitrogen and oxygen atoms in total. The van der Waals surface area contributed by atoms with E-state index in [1.54, 1.807) is 36.4 Å². The lowest BCUT2D eigenvalue weighted by molar-refractivity contribution is -0.116. The van der Waals surface area contributed by atoms with Crippen molar-refractivity contribution in [1.82, 2.24) is 0 Å². The maximum absolute atomic E-state index is 12.7. The predicted octanol–water partition coefficient (Wildman–Crippen LogP) is 3.40. The smallest absolute Gasteiger partial charge is 0.150 e. The van der Waals surface area contributed by atoms with Crippen LogP contribution in [0, 0.1) is 5.82 Å². The van der Waals surface area contributed by atoms with Crippen molar-refractivity contribution < 1.29 is 13.4 Å². The number of carbonyl (C=O) groups is 1. The standard InChI is InChI=1S/C15H12ClFO2S/c16-12-3-7-15(8-4-12)20(19)10-14(18)9-11-1-5-13(17)6-2-11/h1-8H,9-10H2. The van der Waals surface area contributed by atoms with Gasteiger partial charge in [0.1, 0.15) is 11.6 Å². The minimum absolute atomic E-state index is 0.0565. The first kappa shape index (κ1) is 14.9. The maximum Gasteiger partial charge on any atom is 0.150 e. The van der Waals surface area contributed by atoms with E-state index < -0.39 is 10.8 Å². The van der Waals surface area contributed by atoms with Crippen LogP contribution in [-0.4, -0.2) is 15.7 Å². The van der Waals surface area contributed by atoms with Gasteiger partial charge in [-0.05, 0) is 42.0 Å². The largest absolute Gasteiger partial charge is 0.298 e. The summed E-state index contributed by atoms with van der Waals surface area (Å²) in [5, 5.41) is 0.559. The number of hydrogen-bond acceptors (Lipinski definition) is 2. The van der Waals surface area contributed by atoms with Gasteiger partial charge in [-0.1, -0.05) is 23.7 Å². The summed E-state index contributed by atoms with van der Waals surface area (Å²) >= 11 is 5.75. The summed E-state index contributed by atoms with van der Waals surface area (Å²) in [6.45, 7) is 0. The van der Waals surface area contributed by atoms with E-state index in [1.165, 1.54) is 12.1 Å². The van der Waals surface area contributed by atoms with Crippen LogP contribution >= 0.6 is 11.6 Å². The third-order valence-electron chi connectivity index (χ3n) is 2.68. The molecular formula is C15H12ClFO2S. The van der Waals surface area contributed by atoms with Crippen LogP contribution in [0.5, 0.6) is 0 Å². The number of carbonyl (C=O) groups excluding carboxylic acids is 1. The third kappa shape index (κ3) is 4.25. The van der Waals surface area contributed by atoms with Gasteiger partial charge >= 0.3 is 0 Å². The molecule has 0 bridgehead atoms. The molecule has 0 aliphatic heterocycles. The lowest BCUT2D eigenvalue weighted by Gasteiger charge is -2.03. The molecule has 2 aromatic carbocycles. The first-order valence-electron chi connectivity index (χ1n) is 5.94. The maximum atomic E-state index is 12.7. The molecule has 1 atom stereocenters. The van der Waals surface area contributed by atoms with Gasteiger partial charge in [-0.15, -0.1) is 0 Å². The summed E-state index contributed by atoms with van der Waals surface area (Å²) in [7, 11) is -1.38. The molecule has 104 valence electrons. The topological polar surface area (TPSA) is 34.1 Å². The lowest BCUT2D eigenvalue weighted by Crippen LogP contribution is -2.13. The zero-order chi connectivity index (χ0) is 14.5. The Hall–Kier alpha value is -1.52. The van der Waals surface area contributed by atoms with Crippen molar-refractivity contribution in [3.05, 3.63) is 64.9 Å². The second-order valence-electron chi connectivity index (χ2n) is 4.29. The van der Waals surface area contributed by atoms with Gasteiger partial charge in [0.25, 0.3) is 0 Å². The van der Waals surface area contributed by atoms with Crippen LogP contribution in [0.15, 0.2) is 53.4 Å². The Balaban J connectivity index is 1.95. The quantitative estimate of drug-likeness (QED) is 0.848. The Morgan fingerprint density at radius 3 is 2.25 bits per heavy atom. The second kappa shape index (κ2) is 6.77. The number of halogens is 2. The van der Waals surface area contributed by atoms with E-state index in [0.29, 0.717) is 15.5 Å². The minimum Gasteiger partial charge on any atom is -0.298 e. The zero-order valence-electron chi connectivity index (χ0n) is 10.5. The summed E-state index contributed by atoms with van der Waals surface area (Å²) in [6.07, 6.45) is 0.152. The van der Waals surface area contributed by atoms with Crippen molar-refractivity contribution in [2.24, 2.45) is 0 Å². The van der Waals surface area contributed by atoms with Crippen molar-refractivity contribution in [1.29, 1.82) is 0 Å². The average molecular weight is 311 g/mol. The minimum atomic E-state index is -1.38. The van der Waals surface area contributed by atoms with Gasteiger partial charge in [0.2, 0.25) is 0 Å². The van der Waals surface area contributed by atoms with E-state index >= 15 is 0 Å². The summed E-state index contributed by atoms with van der Waals surface area (Å²) in [5.74, 6) is -0.547. The van der Waals surface area contributed by atoms with Crippen molar-refractivity contribution in [2.45, 2.75) is 11.3 Å². The third-order valence-corrected chi connectivity index (χ3v) is 4.32. The number of rotatable bonds is 5. The summed E-state index contributed by atoms with van der Waals surface area (Å²) < 4.78 is 24.7. The normalized spacial score (nSPS) is 12.1. The molecule has 5 heteroatoms. The van der Waals surface area contributed by atoms with Crippen molar-refractivity contribution >= 4 is 28.2 Å². The van der Waals surface area contributed by atoms with Crippen LogP contribution < -0.4 is 0 Å². The molecule has 20 heavy (non-hydrogen) atoms. The number of hydrogen-bond donors (Lipinski definition) is 0. The first-order valence-corrected chi connectivity index (χ1v) is 7.64. The predicted molar refractivity (Wildman–Crippen MR) is 77.8 cm³/mol. The van der Waals surface area contributed by atoms with Crippen molar-refractivity contribution in [3.8, 4) is 0 Å². The van der Waals surface area contributed by atoms with Crippen LogP contribution in [-0.2, 0) is 22.0 Å². The summed E-state index contributed by atoms with van der Waals surface area (Å²) in [5.41, 5.74) is 0.713. The van der Waals surface area contributed by atoms with Crippen molar-refractivity contribution in [2.75, 3.05) is 5.75 Å². The summed E-state index contributed by atoms with van der Waals surface area (Å²) in [4.78, 5) is 12.4. The Morgan fingerprint density at radius 1 is 1.05 bits per heavy atom. The molecule has 2 rings (SSSR count). The SMILES string of the molecule is O=C(Cc1ccc(F)cc1)CS(=O)c1ccc(Cl)cc1. The number of ketones is 1. The van der Waals surface area contributed by atoms with E-state index in [0.717, 1.165) is 0 Å². The van der Waals surface area contributed by atoms with Gasteiger partial charge in [0.05, 0.1) is 16.6 Å². The molecule has 0 spiro atoms. The summed E-state index contributed by atoms with van der Waals surface area (Å²) in [6, 6.07) is 12.3. The fraction of sp³-hybridized carbons (Fsp3) is 0.133. The van der Waals surface area contributed by atoms with E-state index in [4.69, 9.17) is 11.6 Å². The van der Waals surface area contributed by atoms with E-state index in [-0.39, 0.29) is 23.8 Å². The monoisotopic (exact) mass is 310 g/mol. The van der Waals surface area contributed by atoms with Gasteiger partial charge in [-0.25, -0.2) is 4.39 Å². The van der Waals surface area contributed by atoms with Gasteiger partial charge in [0.15, 0.2) is 0 Å². The highest BCUT2D eigenvalue weighted by Gasteiger charge is 2.11. The molecule has 0 fully saturated rings. The van der Waals surface area contributed by atoms with Gasteiger partial charge in [-0.2, -0.15) is 0 Å². The Morgan fingerprint density at radius 2 is 1.65 bits per heavy atom. The fourth-order valence-electron chi connectivity index (χ4n) is 1.70. The highest BCUT2D eigenvalue weighted by molar-refractivity contribution is 7.85. The highest BCUT2D eigenvalue weighted by Crippen LogP contribution is 2.13. The van der Waals surface area contributed by atoms with Crippen LogP contribution in [0.3, 0.4) is 0 Å². The highest BCUT2D eigenvalue weighted by atomic mass is 35.5. The van der Waals surface area contributed by atoms with Crippen LogP contribution in [0.1, 0.15) is 5.56 Å². The first-order chi connectivity index (χ1) is 9.54. The molecule has 0 N–H and O–H groups in total. The molecule has 2 aromatic rings. The van der Waals surface area contributed by atoms with E-state index in [2.05, 4.69) is 0 Å². The molecule has 0 saturated carbocycles. The van der Waals surface area contributed by atoms with Crippen LogP contribution in [0.25, 0.3) is 0 Å². The molecule has 0 radical (unpaired) electrons. The Kier molecular flexibility index (Phi) is 5.04. The molecule has 0 aromatic heterocycles. The molecule has 0 saturated heterocycles. The molecule has 0 aliphatic rings. The van der Waals surface area contributed by atoms with Crippen molar-refractivity contribution in [3.63, 3.8) is 0 Å². The second-order valence-corrected chi connectivity index (χ2v) is 6.17. The van der Waals surface area contributed by atoms with Crippen LogP contribution in [0.2, 0.25) is 5.02 Å². The Bertz CT molecular complexity index is 623. The molecule has 0 aliphatic carbocycles. The van der Waals surface area contributed by atoms with Gasteiger partial charge in [0, 0.05) is 16.3 Å². The molecule has 0 amide bonds.